The number of rotatable bonds is 4. The Morgan fingerprint density at radius 2 is 1.87 bits per heavy atom. The normalized spacial score (nSPS) is 15.4. The van der Waals surface area contributed by atoms with Crippen LogP contribution in [0.5, 0.6) is 11.5 Å². The van der Waals surface area contributed by atoms with Crippen molar-refractivity contribution in [1.29, 1.82) is 0 Å². The molecular formula is C21H17F3N2O4. The van der Waals surface area contributed by atoms with Crippen molar-refractivity contribution in [3.8, 4) is 11.5 Å². The maximum atomic E-state index is 13.0. The third-order valence-electron chi connectivity index (χ3n) is 4.23. The molecule has 0 spiro atoms. The maximum Gasteiger partial charge on any atom is 0.416 e. The van der Waals surface area contributed by atoms with Crippen LogP contribution in [0.2, 0.25) is 0 Å². The van der Waals surface area contributed by atoms with Gasteiger partial charge in [0.15, 0.2) is 11.5 Å². The first kappa shape index (κ1) is 21.1. The van der Waals surface area contributed by atoms with Gasteiger partial charge in [0.2, 0.25) is 0 Å². The second-order valence-electron chi connectivity index (χ2n) is 6.41. The van der Waals surface area contributed by atoms with E-state index in [-0.39, 0.29) is 22.8 Å². The van der Waals surface area contributed by atoms with Crippen molar-refractivity contribution in [2.75, 3.05) is 12.1 Å². The van der Waals surface area contributed by atoms with Crippen LogP contribution in [0, 0.1) is 0 Å². The van der Waals surface area contributed by atoms with Crippen molar-refractivity contribution in [3.63, 3.8) is 0 Å². The Morgan fingerprint density at radius 1 is 1.13 bits per heavy atom. The summed E-state index contributed by atoms with van der Waals surface area (Å²) in [6, 6.07) is 9.09. The lowest BCUT2D eigenvalue weighted by atomic mass is 10.1. The zero-order valence-corrected chi connectivity index (χ0v) is 16.3. The average molecular weight is 418 g/mol. The van der Waals surface area contributed by atoms with E-state index >= 15 is 0 Å². The number of hydrazone groups is 1. The maximum absolute atomic E-state index is 13.0. The number of amides is 1. The predicted octanol–water partition coefficient (Wildman–Crippen LogP) is 4.45. The predicted molar refractivity (Wildman–Crippen MR) is 104 cm³/mol. The van der Waals surface area contributed by atoms with Crippen LogP contribution in [0.15, 0.2) is 53.1 Å². The minimum absolute atomic E-state index is 0.0142. The van der Waals surface area contributed by atoms with Gasteiger partial charge in [0.25, 0.3) is 5.91 Å². The summed E-state index contributed by atoms with van der Waals surface area (Å²) in [5, 5.41) is 5.04. The molecule has 0 atom stereocenters. The number of carbonyl (C=O) groups is 2. The van der Waals surface area contributed by atoms with Crippen molar-refractivity contribution in [3.05, 3.63) is 59.2 Å². The largest absolute Gasteiger partial charge is 0.493 e. The summed E-state index contributed by atoms with van der Waals surface area (Å²) in [6.07, 6.45) is -2.99. The Kier molecular flexibility index (Phi) is 5.64. The standard InChI is InChI=1S/C21H17F3N2O4/c1-12-17(9-14-7-8-18(30-13(2)27)19(10-14)29-3)20(28)26(25-12)16-6-4-5-15(11-16)21(22,23)24/h4-11H,1-3H3/b17-9+. The highest BCUT2D eigenvalue weighted by molar-refractivity contribution is 6.32. The van der Waals surface area contributed by atoms with E-state index in [0.29, 0.717) is 11.3 Å². The Balaban J connectivity index is 1.93. The molecule has 3 rings (SSSR count). The number of benzene rings is 2. The Hall–Kier alpha value is -3.62. The van der Waals surface area contributed by atoms with E-state index in [0.717, 1.165) is 17.1 Å². The van der Waals surface area contributed by atoms with E-state index in [2.05, 4.69) is 5.10 Å². The van der Waals surface area contributed by atoms with Crippen LogP contribution in [-0.4, -0.2) is 24.7 Å². The van der Waals surface area contributed by atoms with Crippen molar-refractivity contribution < 1.29 is 32.2 Å². The van der Waals surface area contributed by atoms with Crippen LogP contribution in [-0.2, 0) is 15.8 Å². The highest BCUT2D eigenvalue weighted by Gasteiger charge is 2.33. The fourth-order valence-electron chi connectivity index (χ4n) is 2.85. The number of hydrogen-bond acceptors (Lipinski definition) is 5. The molecule has 0 saturated carbocycles. The van der Waals surface area contributed by atoms with E-state index in [9.17, 15) is 22.8 Å². The number of halogens is 3. The van der Waals surface area contributed by atoms with Gasteiger partial charge in [0, 0.05) is 6.92 Å². The molecule has 0 unspecified atom stereocenters. The Labute approximate surface area is 170 Å². The number of methoxy groups -OCH3 is 1. The molecule has 0 saturated heterocycles. The first-order valence-corrected chi connectivity index (χ1v) is 8.75. The van der Waals surface area contributed by atoms with Crippen molar-refractivity contribution in [1.82, 2.24) is 0 Å². The zero-order chi connectivity index (χ0) is 22.1. The summed E-state index contributed by atoms with van der Waals surface area (Å²) in [5.41, 5.74) is 0.269. The first-order chi connectivity index (χ1) is 14.1. The molecule has 0 fully saturated rings. The highest BCUT2D eigenvalue weighted by Crippen LogP contribution is 2.34. The van der Waals surface area contributed by atoms with E-state index in [1.165, 1.54) is 38.3 Å². The van der Waals surface area contributed by atoms with Crippen LogP contribution in [0.4, 0.5) is 18.9 Å². The summed E-state index contributed by atoms with van der Waals surface area (Å²) < 4.78 is 49.2. The molecule has 1 amide bonds. The van der Waals surface area contributed by atoms with Gasteiger partial charge in [-0.2, -0.15) is 23.3 Å². The van der Waals surface area contributed by atoms with Crippen molar-refractivity contribution >= 4 is 29.4 Å². The van der Waals surface area contributed by atoms with Crippen LogP contribution >= 0.6 is 0 Å². The smallest absolute Gasteiger partial charge is 0.416 e. The van der Waals surface area contributed by atoms with Gasteiger partial charge in [0.1, 0.15) is 0 Å². The molecule has 1 aliphatic rings. The highest BCUT2D eigenvalue weighted by atomic mass is 19.4. The fourth-order valence-corrected chi connectivity index (χ4v) is 2.85. The number of ether oxygens (including phenoxy) is 2. The fraction of sp³-hybridized carbons (Fsp3) is 0.190. The number of anilines is 1. The van der Waals surface area contributed by atoms with E-state index in [1.807, 2.05) is 0 Å². The second-order valence-corrected chi connectivity index (χ2v) is 6.41. The molecule has 0 radical (unpaired) electrons. The summed E-state index contributed by atoms with van der Waals surface area (Å²) in [6.45, 7) is 2.84. The Bertz CT molecular complexity index is 1070. The van der Waals surface area contributed by atoms with Crippen LogP contribution in [0.3, 0.4) is 0 Å². The lowest BCUT2D eigenvalue weighted by molar-refractivity contribution is -0.137. The lowest BCUT2D eigenvalue weighted by Crippen LogP contribution is -2.21. The molecule has 1 aliphatic heterocycles. The molecule has 156 valence electrons. The molecule has 1 heterocycles. The summed E-state index contributed by atoms with van der Waals surface area (Å²) in [4.78, 5) is 24.0. The van der Waals surface area contributed by atoms with Gasteiger partial charge < -0.3 is 9.47 Å². The second kappa shape index (κ2) is 8.02. The van der Waals surface area contributed by atoms with Gasteiger partial charge in [-0.3, -0.25) is 9.59 Å². The van der Waals surface area contributed by atoms with Gasteiger partial charge in [0.05, 0.1) is 29.6 Å². The molecule has 0 aliphatic carbocycles. The van der Waals surface area contributed by atoms with Crippen molar-refractivity contribution in [2.45, 2.75) is 20.0 Å². The molecular weight excluding hydrogens is 401 g/mol. The molecule has 2 aromatic rings. The molecule has 0 aromatic heterocycles. The van der Waals surface area contributed by atoms with Crippen molar-refractivity contribution in [2.24, 2.45) is 5.10 Å². The molecule has 30 heavy (non-hydrogen) atoms. The van der Waals surface area contributed by atoms with Gasteiger partial charge in [-0.15, -0.1) is 0 Å². The number of esters is 1. The Morgan fingerprint density at radius 3 is 2.50 bits per heavy atom. The number of hydrogen-bond donors (Lipinski definition) is 0. The van der Waals surface area contributed by atoms with E-state index in [4.69, 9.17) is 9.47 Å². The third kappa shape index (κ3) is 4.35. The van der Waals surface area contributed by atoms with E-state index in [1.54, 1.807) is 19.1 Å². The van der Waals surface area contributed by atoms with Gasteiger partial charge >= 0.3 is 12.1 Å². The number of alkyl halides is 3. The minimum Gasteiger partial charge on any atom is -0.493 e. The first-order valence-electron chi connectivity index (χ1n) is 8.75. The van der Waals surface area contributed by atoms with E-state index < -0.39 is 23.6 Å². The molecule has 0 bridgehead atoms. The van der Waals surface area contributed by atoms with Crippen LogP contribution in [0.1, 0.15) is 25.0 Å². The van der Waals surface area contributed by atoms with Gasteiger partial charge in [-0.1, -0.05) is 12.1 Å². The van der Waals surface area contributed by atoms with Gasteiger partial charge in [-0.05, 0) is 48.9 Å². The number of carbonyl (C=O) groups excluding carboxylic acids is 2. The van der Waals surface area contributed by atoms with Crippen LogP contribution < -0.4 is 14.5 Å². The zero-order valence-electron chi connectivity index (χ0n) is 16.3. The molecule has 2 aromatic carbocycles. The van der Waals surface area contributed by atoms with Gasteiger partial charge in [-0.25, -0.2) is 0 Å². The summed E-state index contributed by atoms with van der Waals surface area (Å²) in [7, 11) is 1.40. The quantitative estimate of drug-likeness (QED) is 0.418. The summed E-state index contributed by atoms with van der Waals surface area (Å²) in [5.74, 6) is -0.560. The number of nitrogens with zero attached hydrogens (tertiary/aromatic N) is 2. The summed E-state index contributed by atoms with van der Waals surface area (Å²) >= 11 is 0. The molecule has 0 N–H and O–H groups in total. The van der Waals surface area contributed by atoms with Crippen LogP contribution in [0.25, 0.3) is 6.08 Å². The third-order valence-corrected chi connectivity index (χ3v) is 4.23. The molecule has 9 heteroatoms. The topological polar surface area (TPSA) is 68.2 Å². The monoisotopic (exact) mass is 418 g/mol. The molecule has 6 nitrogen and oxygen atoms in total. The SMILES string of the molecule is COc1cc(/C=C2/C(=O)N(c3cccc(C(F)(F)F)c3)N=C2C)ccc1OC(C)=O. The minimum atomic E-state index is -4.53. The lowest BCUT2D eigenvalue weighted by Gasteiger charge is -2.14. The average Bonchev–Trinajstić information content (AvgIpc) is 2.96.